The van der Waals surface area contributed by atoms with Crippen molar-refractivity contribution in [3.8, 4) is 0 Å². The van der Waals surface area contributed by atoms with Crippen LogP contribution in [-0.4, -0.2) is 12.6 Å². The van der Waals surface area contributed by atoms with Crippen LogP contribution in [0.3, 0.4) is 0 Å². The highest BCUT2D eigenvalue weighted by Crippen LogP contribution is 2.39. The van der Waals surface area contributed by atoms with E-state index in [0.29, 0.717) is 6.07 Å². The summed E-state index contributed by atoms with van der Waals surface area (Å²) in [6.07, 6.45) is -10.6. The standard InChI is InChI=1S/C12H9F6IO2/c1-2-21-10(20)4-6-3-9(19)8(12(16,17)18)5-7(6)11(13,14)15/h3,5H,2,4H2,1H3. The lowest BCUT2D eigenvalue weighted by Gasteiger charge is -2.17. The monoisotopic (exact) mass is 426 g/mol. The van der Waals surface area contributed by atoms with Crippen molar-refractivity contribution in [3.05, 3.63) is 32.4 Å². The van der Waals surface area contributed by atoms with Gasteiger partial charge in [-0.1, -0.05) is 0 Å². The number of benzene rings is 1. The Bertz CT molecular complexity index is 536. The SMILES string of the molecule is CCOC(=O)Cc1cc(I)c(C(F)(F)F)cc1C(F)(F)F. The normalized spacial score (nSPS) is 12.4. The Labute approximate surface area is 129 Å². The molecule has 1 aromatic rings. The summed E-state index contributed by atoms with van der Waals surface area (Å²) in [5, 5.41) is 0. The number of carbonyl (C=O) groups is 1. The first-order chi connectivity index (χ1) is 9.46. The molecule has 0 atom stereocenters. The van der Waals surface area contributed by atoms with Crippen LogP contribution in [0.1, 0.15) is 23.6 Å². The van der Waals surface area contributed by atoms with E-state index in [1.165, 1.54) is 29.5 Å². The second kappa shape index (κ2) is 6.41. The smallest absolute Gasteiger partial charge is 0.417 e. The van der Waals surface area contributed by atoms with Gasteiger partial charge in [0.2, 0.25) is 0 Å². The summed E-state index contributed by atoms with van der Waals surface area (Å²) in [4.78, 5) is 11.3. The molecule has 0 aliphatic carbocycles. The highest BCUT2D eigenvalue weighted by atomic mass is 127. The molecular weight excluding hydrogens is 417 g/mol. The second-order valence-electron chi connectivity index (χ2n) is 3.97. The second-order valence-corrected chi connectivity index (χ2v) is 5.13. The summed E-state index contributed by atoms with van der Waals surface area (Å²) in [7, 11) is 0. The fourth-order valence-electron chi connectivity index (χ4n) is 1.61. The molecule has 0 saturated heterocycles. The summed E-state index contributed by atoms with van der Waals surface area (Å²) >= 11 is 1.28. The molecule has 118 valence electrons. The van der Waals surface area contributed by atoms with Gasteiger partial charge >= 0.3 is 18.3 Å². The van der Waals surface area contributed by atoms with Crippen molar-refractivity contribution in [3.63, 3.8) is 0 Å². The van der Waals surface area contributed by atoms with Crippen molar-refractivity contribution >= 4 is 28.6 Å². The molecule has 0 aliphatic heterocycles. The molecule has 0 fully saturated rings. The number of esters is 1. The number of hydrogen-bond acceptors (Lipinski definition) is 2. The lowest BCUT2D eigenvalue weighted by atomic mass is 10.0. The maximum absolute atomic E-state index is 12.9. The molecule has 1 rings (SSSR count). The first kappa shape index (κ1) is 18.1. The van der Waals surface area contributed by atoms with E-state index in [1.807, 2.05) is 0 Å². The van der Waals surface area contributed by atoms with Crippen LogP contribution < -0.4 is 0 Å². The summed E-state index contributed by atoms with van der Waals surface area (Å²) < 4.78 is 80.7. The maximum Gasteiger partial charge on any atom is 0.417 e. The number of ether oxygens (including phenoxy) is 1. The molecule has 0 unspecified atom stereocenters. The summed E-state index contributed by atoms with van der Waals surface area (Å²) in [5.41, 5.74) is -3.41. The predicted molar refractivity (Wildman–Crippen MR) is 69.5 cm³/mol. The third kappa shape index (κ3) is 4.75. The van der Waals surface area contributed by atoms with Gasteiger partial charge < -0.3 is 4.74 Å². The van der Waals surface area contributed by atoms with Crippen molar-refractivity contribution < 1.29 is 35.9 Å². The lowest BCUT2D eigenvalue weighted by molar-refractivity contribution is -0.144. The largest absolute Gasteiger partial charge is 0.466 e. The van der Waals surface area contributed by atoms with Crippen molar-refractivity contribution in [2.24, 2.45) is 0 Å². The molecule has 1 aromatic carbocycles. The van der Waals surface area contributed by atoms with Crippen LogP contribution in [-0.2, 0) is 28.3 Å². The van der Waals surface area contributed by atoms with Crippen molar-refractivity contribution in [1.29, 1.82) is 0 Å². The zero-order chi connectivity index (χ0) is 16.4. The van der Waals surface area contributed by atoms with Gasteiger partial charge in [-0.3, -0.25) is 4.79 Å². The molecule has 0 amide bonds. The van der Waals surface area contributed by atoms with Crippen LogP contribution in [0.25, 0.3) is 0 Å². The Morgan fingerprint density at radius 2 is 1.62 bits per heavy atom. The van der Waals surface area contributed by atoms with Crippen LogP contribution in [0.2, 0.25) is 0 Å². The molecule has 0 heterocycles. The highest BCUT2D eigenvalue weighted by Gasteiger charge is 2.40. The number of alkyl halides is 6. The van der Waals surface area contributed by atoms with E-state index in [4.69, 9.17) is 0 Å². The Balaban J connectivity index is 3.37. The molecule has 0 aromatic heterocycles. The molecule has 0 radical (unpaired) electrons. The molecule has 0 aliphatic rings. The summed E-state index contributed by atoms with van der Waals surface area (Å²) in [5.74, 6) is -0.932. The van der Waals surface area contributed by atoms with Gasteiger partial charge in [0.1, 0.15) is 0 Å². The Kier molecular flexibility index (Phi) is 5.51. The van der Waals surface area contributed by atoms with Gasteiger partial charge in [-0.2, -0.15) is 26.3 Å². The van der Waals surface area contributed by atoms with E-state index in [9.17, 15) is 31.1 Å². The van der Waals surface area contributed by atoms with Crippen LogP contribution in [0.4, 0.5) is 26.3 Å². The third-order valence-corrected chi connectivity index (χ3v) is 3.34. The van der Waals surface area contributed by atoms with Gasteiger partial charge in [-0.05, 0) is 47.2 Å². The molecule has 0 spiro atoms. The molecule has 21 heavy (non-hydrogen) atoms. The Morgan fingerprint density at radius 3 is 2.05 bits per heavy atom. The van der Waals surface area contributed by atoms with E-state index in [1.54, 1.807) is 0 Å². The van der Waals surface area contributed by atoms with Gasteiger partial charge in [0.15, 0.2) is 0 Å². The number of rotatable bonds is 3. The Morgan fingerprint density at radius 1 is 1.10 bits per heavy atom. The van der Waals surface area contributed by atoms with Crippen LogP contribution in [0, 0.1) is 3.57 Å². The first-order valence-corrected chi connectivity index (χ1v) is 6.67. The van der Waals surface area contributed by atoms with Gasteiger partial charge in [0, 0.05) is 3.57 Å². The number of halogens is 7. The summed E-state index contributed by atoms with van der Waals surface area (Å²) in [6.45, 7) is 1.44. The minimum Gasteiger partial charge on any atom is -0.466 e. The van der Waals surface area contributed by atoms with E-state index in [-0.39, 0.29) is 12.7 Å². The van der Waals surface area contributed by atoms with E-state index in [0.717, 1.165) is 0 Å². The molecule has 9 heteroatoms. The van der Waals surface area contributed by atoms with Crippen molar-refractivity contribution in [2.45, 2.75) is 25.7 Å². The van der Waals surface area contributed by atoms with Gasteiger partial charge in [0.05, 0.1) is 24.2 Å². The predicted octanol–water partition coefficient (Wildman–Crippen LogP) is 4.43. The van der Waals surface area contributed by atoms with Crippen LogP contribution >= 0.6 is 22.6 Å². The Hall–Kier alpha value is -1.00. The third-order valence-electron chi connectivity index (χ3n) is 2.44. The maximum atomic E-state index is 12.9. The summed E-state index contributed by atoms with van der Waals surface area (Å²) in [6, 6.07) is 0.736. The van der Waals surface area contributed by atoms with Crippen LogP contribution in [0.5, 0.6) is 0 Å². The van der Waals surface area contributed by atoms with E-state index >= 15 is 0 Å². The average molecular weight is 426 g/mol. The van der Waals surface area contributed by atoms with E-state index in [2.05, 4.69) is 4.74 Å². The highest BCUT2D eigenvalue weighted by molar-refractivity contribution is 14.1. The molecule has 0 bridgehead atoms. The van der Waals surface area contributed by atoms with Gasteiger partial charge in [0.25, 0.3) is 0 Å². The zero-order valence-corrected chi connectivity index (χ0v) is 12.7. The topological polar surface area (TPSA) is 26.3 Å². The zero-order valence-electron chi connectivity index (χ0n) is 10.5. The number of hydrogen-bond donors (Lipinski definition) is 0. The molecule has 2 nitrogen and oxygen atoms in total. The number of carbonyl (C=O) groups excluding carboxylic acids is 1. The first-order valence-electron chi connectivity index (χ1n) is 5.59. The molecule has 0 saturated carbocycles. The minimum absolute atomic E-state index is 0.0241. The van der Waals surface area contributed by atoms with Gasteiger partial charge in [-0.15, -0.1) is 0 Å². The fourth-order valence-corrected chi connectivity index (χ4v) is 2.45. The van der Waals surface area contributed by atoms with Gasteiger partial charge in [-0.25, -0.2) is 0 Å². The van der Waals surface area contributed by atoms with Crippen LogP contribution in [0.15, 0.2) is 12.1 Å². The fraction of sp³-hybridized carbons (Fsp3) is 0.417. The van der Waals surface area contributed by atoms with Crippen molar-refractivity contribution in [1.82, 2.24) is 0 Å². The molecule has 0 N–H and O–H groups in total. The average Bonchev–Trinajstić information content (AvgIpc) is 2.25. The molecular formula is C12H9F6IO2. The quantitative estimate of drug-likeness (QED) is 0.406. The van der Waals surface area contributed by atoms with E-state index < -0.39 is 45.0 Å². The van der Waals surface area contributed by atoms with Crippen molar-refractivity contribution in [2.75, 3.05) is 6.61 Å². The minimum atomic E-state index is -4.99. The lowest BCUT2D eigenvalue weighted by Crippen LogP contribution is -2.18.